The van der Waals surface area contributed by atoms with E-state index in [1.165, 1.54) is 21.6 Å². The van der Waals surface area contributed by atoms with Crippen LogP contribution < -0.4 is 5.90 Å². The Morgan fingerprint density at radius 3 is 2.62 bits per heavy atom. The summed E-state index contributed by atoms with van der Waals surface area (Å²) < 4.78 is 0. The van der Waals surface area contributed by atoms with Crippen molar-refractivity contribution >= 4 is 11.8 Å². The maximum absolute atomic E-state index is 5.06. The van der Waals surface area contributed by atoms with Crippen molar-refractivity contribution in [3.05, 3.63) is 28.8 Å². The van der Waals surface area contributed by atoms with Crippen molar-refractivity contribution in [3.8, 4) is 0 Å². The molecule has 0 radical (unpaired) electrons. The zero-order valence-corrected chi connectivity index (χ0v) is 9.07. The predicted octanol–water partition coefficient (Wildman–Crippen LogP) is 2.42. The maximum atomic E-state index is 5.06. The summed E-state index contributed by atoms with van der Waals surface area (Å²) in [6.45, 7) is 4.68. The number of aryl methyl sites for hydroxylation is 1. The molecular weight excluding hydrogens is 182 g/mol. The van der Waals surface area contributed by atoms with Gasteiger partial charge in [0.15, 0.2) is 0 Å². The molecule has 0 fully saturated rings. The van der Waals surface area contributed by atoms with Gasteiger partial charge in [0.1, 0.15) is 0 Å². The zero-order chi connectivity index (χ0) is 9.84. The van der Waals surface area contributed by atoms with Crippen LogP contribution in [0.4, 0.5) is 0 Å². The van der Waals surface area contributed by atoms with Crippen LogP contribution in [0.5, 0.6) is 0 Å². The van der Waals surface area contributed by atoms with Crippen LogP contribution in [-0.4, -0.2) is 6.26 Å². The minimum Gasteiger partial charge on any atom is -0.300 e. The van der Waals surface area contributed by atoms with E-state index < -0.39 is 0 Å². The van der Waals surface area contributed by atoms with Crippen molar-refractivity contribution < 1.29 is 4.84 Å². The van der Waals surface area contributed by atoms with E-state index in [1.807, 2.05) is 0 Å². The van der Waals surface area contributed by atoms with Crippen molar-refractivity contribution in [2.75, 3.05) is 6.26 Å². The lowest BCUT2D eigenvalue weighted by atomic mass is 10.0. The van der Waals surface area contributed by atoms with Crippen LogP contribution in [0.1, 0.15) is 16.7 Å². The van der Waals surface area contributed by atoms with Gasteiger partial charge < -0.3 is 0 Å². The predicted molar refractivity (Wildman–Crippen MR) is 56.7 cm³/mol. The Labute approximate surface area is 83.4 Å². The number of hydrogen-bond donors (Lipinski definition) is 1. The quantitative estimate of drug-likeness (QED) is 0.597. The van der Waals surface area contributed by atoms with E-state index in [9.17, 15) is 0 Å². The molecule has 0 unspecified atom stereocenters. The van der Waals surface area contributed by atoms with Crippen molar-refractivity contribution in [2.24, 2.45) is 5.90 Å². The molecule has 0 aliphatic rings. The van der Waals surface area contributed by atoms with Gasteiger partial charge in [0.2, 0.25) is 0 Å². The minimum absolute atomic E-state index is 0.487. The lowest BCUT2D eigenvalue weighted by Crippen LogP contribution is -2.02. The lowest BCUT2D eigenvalue weighted by molar-refractivity contribution is 0.123. The summed E-state index contributed by atoms with van der Waals surface area (Å²) in [4.78, 5) is 5.91. The monoisotopic (exact) mass is 197 g/mol. The van der Waals surface area contributed by atoms with Crippen molar-refractivity contribution in [2.45, 2.75) is 25.3 Å². The van der Waals surface area contributed by atoms with E-state index in [0.717, 1.165) is 0 Å². The van der Waals surface area contributed by atoms with Crippen LogP contribution in [-0.2, 0) is 11.4 Å². The maximum Gasteiger partial charge on any atom is 0.0933 e. The van der Waals surface area contributed by atoms with E-state index in [-0.39, 0.29) is 0 Å². The third-order valence-electron chi connectivity index (χ3n) is 2.22. The molecule has 0 aliphatic carbocycles. The Morgan fingerprint density at radius 1 is 1.38 bits per heavy atom. The first-order valence-corrected chi connectivity index (χ1v) is 5.37. The van der Waals surface area contributed by atoms with E-state index in [0.29, 0.717) is 6.61 Å². The average Bonchev–Trinajstić information content (AvgIpc) is 2.13. The van der Waals surface area contributed by atoms with E-state index >= 15 is 0 Å². The van der Waals surface area contributed by atoms with Crippen molar-refractivity contribution in [1.29, 1.82) is 0 Å². The molecule has 0 heterocycles. The molecule has 1 rings (SSSR count). The first-order chi connectivity index (χ1) is 6.19. The highest BCUT2D eigenvalue weighted by Gasteiger charge is 2.03. The summed E-state index contributed by atoms with van der Waals surface area (Å²) in [6.07, 6.45) is 2.07. The topological polar surface area (TPSA) is 35.2 Å². The van der Waals surface area contributed by atoms with Gasteiger partial charge in [0.05, 0.1) is 6.61 Å². The molecule has 72 valence electrons. The first kappa shape index (κ1) is 10.6. The number of hydrogen-bond acceptors (Lipinski definition) is 3. The fourth-order valence-corrected chi connectivity index (χ4v) is 1.81. The molecule has 0 bridgehead atoms. The molecule has 13 heavy (non-hydrogen) atoms. The summed E-state index contributed by atoms with van der Waals surface area (Å²) >= 11 is 1.74. The Balaban J connectivity index is 3.09. The van der Waals surface area contributed by atoms with Gasteiger partial charge in [0, 0.05) is 4.90 Å². The fraction of sp³-hybridized carbons (Fsp3) is 0.400. The third kappa shape index (κ3) is 2.46. The molecule has 2 N–H and O–H groups in total. The highest BCUT2D eigenvalue weighted by Crippen LogP contribution is 2.22. The SMILES string of the molecule is CSc1cc(C)c(C)c(CON)c1. The number of rotatable bonds is 3. The van der Waals surface area contributed by atoms with Crippen LogP contribution in [0, 0.1) is 13.8 Å². The fourth-order valence-electron chi connectivity index (χ4n) is 1.25. The van der Waals surface area contributed by atoms with Crippen molar-refractivity contribution in [3.63, 3.8) is 0 Å². The van der Waals surface area contributed by atoms with Gasteiger partial charge in [-0.15, -0.1) is 11.8 Å². The standard InChI is InChI=1S/C10H15NOS/c1-7-4-10(13-3)5-9(6-12-11)8(7)2/h4-5H,6,11H2,1-3H3. The molecule has 0 spiro atoms. The van der Waals surface area contributed by atoms with Gasteiger partial charge in [-0.1, -0.05) is 0 Å². The first-order valence-electron chi connectivity index (χ1n) is 4.15. The molecular formula is C10H15NOS. The Morgan fingerprint density at radius 2 is 2.08 bits per heavy atom. The van der Waals surface area contributed by atoms with E-state index in [4.69, 9.17) is 5.90 Å². The molecule has 0 amide bonds. The highest BCUT2D eigenvalue weighted by molar-refractivity contribution is 7.98. The Kier molecular flexibility index (Phi) is 3.78. The lowest BCUT2D eigenvalue weighted by Gasteiger charge is -2.09. The zero-order valence-electron chi connectivity index (χ0n) is 8.26. The van der Waals surface area contributed by atoms with Crippen LogP contribution in [0.25, 0.3) is 0 Å². The third-order valence-corrected chi connectivity index (χ3v) is 2.93. The van der Waals surface area contributed by atoms with Crippen LogP contribution >= 0.6 is 11.8 Å². The summed E-state index contributed by atoms with van der Waals surface area (Å²) in [5.74, 6) is 5.06. The van der Waals surface area contributed by atoms with E-state index in [1.54, 1.807) is 11.8 Å². The van der Waals surface area contributed by atoms with Gasteiger partial charge >= 0.3 is 0 Å². The molecule has 0 aliphatic heterocycles. The van der Waals surface area contributed by atoms with E-state index in [2.05, 4.69) is 37.1 Å². The molecule has 0 atom stereocenters. The largest absolute Gasteiger partial charge is 0.300 e. The van der Waals surface area contributed by atoms with Crippen LogP contribution in [0.15, 0.2) is 17.0 Å². The second-order valence-corrected chi connectivity index (χ2v) is 3.92. The number of thioether (sulfide) groups is 1. The minimum atomic E-state index is 0.487. The van der Waals surface area contributed by atoms with Gasteiger partial charge in [-0.2, -0.15) is 0 Å². The average molecular weight is 197 g/mol. The second-order valence-electron chi connectivity index (χ2n) is 3.04. The van der Waals surface area contributed by atoms with Crippen molar-refractivity contribution in [1.82, 2.24) is 0 Å². The second kappa shape index (κ2) is 4.65. The summed E-state index contributed by atoms with van der Waals surface area (Å²) in [6, 6.07) is 4.31. The molecule has 0 saturated carbocycles. The Bertz CT molecular complexity index is 299. The summed E-state index contributed by atoms with van der Waals surface area (Å²) in [5, 5.41) is 0. The Hall–Kier alpha value is -0.510. The van der Waals surface area contributed by atoms with Gasteiger partial charge in [-0.05, 0) is 48.9 Å². The van der Waals surface area contributed by atoms with Gasteiger partial charge in [-0.25, -0.2) is 5.90 Å². The molecule has 3 heteroatoms. The number of benzene rings is 1. The molecule has 0 saturated heterocycles. The smallest absolute Gasteiger partial charge is 0.0933 e. The van der Waals surface area contributed by atoms with Gasteiger partial charge in [-0.3, -0.25) is 4.84 Å². The molecule has 0 aromatic heterocycles. The summed E-state index contributed by atoms with van der Waals surface area (Å²) in [5.41, 5.74) is 3.73. The number of nitrogens with two attached hydrogens (primary N) is 1. The summed E-state index contributed by atoms with van der Waals surface area (Å²) in [7, 11) is 0. The van der Waals surface area contributed by atoms with Gasteiger partial charge in [0.25, 0.3) is 0 Å². The van der Waals surface area contributed by atoms with Crippen LogP contribution in [0.2, 0.25) is 0 Å². The molecule has 2 nitrogen and oxygen atoms in total. The van der Waals surface area contributed by atoms with Crippen LogP contribution in [0.3, 0.4) is 0 Å². The highest BCUT2D eigenvalue weighted by atomic mass is 32.2. The normalized spacial score (nSPS) is 10.5. The molecule has 1 aromatic carbocycles. The molecule has 1 aromatic rings.